The third-order valence-electron chi connectivity index (χ3n) is 5.00. The normalized spacial score (nSPS) is 21.4. The molecule has 5 heteroatoms. The molecular weight excluding hydrogens is 290 g/mol. The van der Waals surface area contributed by atoms with Gasteiger partial charge < -0.3 is 15.5 Å². The largest absolute Gasteiger partial charge is 0.326 e. The summed E-state index contributed by atoms with van der Waals surface area (Å²) in [6.45, 7) is 0.349. The van der Waals surface area contributed by atoms with Crippen LogP contribution in [0.25, 0.3) is 0 Å². The third kappa shape index (κ3) is 3.72. The second-order valence-electron chi connectivity index (χ2n) is 7.18. The molecule has 1 unspecified atom stereocenters. The van der Waals surface area contributed by atoms with Gasteiger partial charge in [0.05, 0.1) is 6.54 Å². The number of likely N-dealkylation sites (N-methyl/N-ethyl adjacent to an activating group) is 1. The van der Waals surface area contributed by atoms with Crippen molar-refractivity contribution in [1.82, 2.24) is 4.90 Å². The molecule has 2 fully saturated rings. The molecule has 0 saturated heterocycles. The molecule has 1 spiro atoms. The van der Waals surface area contributed by atoms with Crippen molar-refractivity contribution in [1.29, 1.82) is 0 Å². The highest BCUT2D eigenvalue weighted by molar-refractivity contribution is 5.96. The Hall–Kier alpha value is -1.88. The maximum absolute atomic E-state index is 12.3. The van der Waals surface area contributed by atoms with Crippen molar-refractivity contribution >= 4 is 23.2 Å². The van der Waals surface area contributed by atoms with Gasteiger partial charge in [-0.2, -0.15) is 0 Å². The SMILES string of the molecule is CN(C)CC(=O)Nc1ccc(NC(=O)C2CC23CCCC3)cc1. The zero-order chi connectivity index (χ0) is 16.4. The Bertz CT molecular complexity index is 589. The van der Waals surface area contributed by atoms with Gasteiger partial charge in [0.2, 0.25) is 11.8 Å². The molecule has 2 saturated carbocycles. The smallest absolute Gasteiger partial charge is 0.238 e. The highest BCUT2D eigenvalue weighted by atomic mass is 16.2. The van der Waals surface area contributed by atoms with Gasteiger partial charge in [-0.3, -0.25) is 9.59 Å². The molecule has 1 atom stereocenters. The molecule has 0 aromatic heterocycles. The predicted octanol–water partition coefficient (Wildman–Crippen LogP) is 2.71. The number of hydrogen-bond acceptors (Lipinski definition) is 3. The van der Waals surface area contributed by atoms with Crippen molar-refractivity contribution in [3.63, 3.8) is 0 Å². The summed E-state index contributed by atoms with van der Waals surface area (Å²) in [5.41, 5.74) is 1.86. The summed E-state index contributed by atoms with van der Waals surface area (Å²) in [5.74, 6) is 0.300. The number of nitrogens with one attached hydrogen (secondary N) is 2. The Morgan fingerprint density at radius 2 is 1.65 bits per heavy atom. The Balaban J connectivity index is 1.52. The summed E-state index contributed by atoms with van der Waals surface area (Å²) >= 11 is 0. The van der Waals surface area contributed by atoms with Crippen molar-refractivity contribution in [2.24, 2.45) is 11.3 Å². The minimum absolute atomic E-state index is 0.0482. The van der Waals surface area contributed by atoms with Crippen LogP contribution < -0.4 is 10.6 Å². The molecule has 1 aromatic rings. The molecule has 5 nitrogen and oxygen atoms in total. The molecule has 3 rings (SSSR count). The van der Waals surface area contributed by atoms with E-state index in [-0.39, 0.29) is 17.7 Å². The molecule has 0 radical (unpaired) electrons. The summed E-state index contributed by atoms with van der Waals surface area (Å²) in [5, 5.41) is 5.84. The lowest BCUT2D eigenvalue weighted by atomic mass is 10.0. The van der Waals surface area contributed by atoms with Crippen LogP contribution in [0.1, 0.15) is 32.1 Å². The molecule has 23 heavy (non-hydrogen) atoms. The molecule has 0 heterocycles. The van der Waals surface area contributed by atoms with Crippen LogP contribution in [0.5, 0.6) is 0 Å². The number of benzene rings is 1. The van der Waals surface area contributed by atoms with Crippen LogP contribution in [0, 0.1) is 11.3 Å². The molecule has 2 aliphatic carbocycles. The van der Waals surface area contributed by atoms with E-state index in [4.69, 9.17) is 0 Å². The number of carbonyl (C=O) groups excluding carboxylic acids is 2. The first kappa shape index (κ1) is 16.0. The van der Waals surface area contributed by atoms with E-state index in [9.17, 15) is 9.59 Å². The van der Waals surface area contributed by atoms with Gasteiger partial charge in [-0.1, -0.05) is 12.8 Å². The second kappa shape index (κ2) is 6.32. The highest BCUT2D eigenvalue weighted by Crippen LogP contribution is 2.63. The van der Waals surface area contributed by atoms with Gasteiger partial charge in [-0.25, -0.2) is 0 Å². The van der Waals surface area contributed by atoms with Crippen LogP contribution in [0.4, 0.5) is 11.4 Å². The van der Waals surface area contributed by atoms with Gasteiger partial charge in [-0.05, 0) is 63.0 Å². The van der Waals surface area contributed by atoms with Crippen LogP contribution in [0.2, 0.25) is 0 Å². The minimum Gasteiger partial charge on any atom is -0.326 e. The number of anilines is 2. The fourth-order valence-electron chi connectivity index (χ4n) is 3.70. The van der Waals surface area contributed by atoms with Crippen LogP contribution in [-0.2, 0) is 9.59 Å². The van der Waals surface area contributed by atoms with Crippen molar-refractivity contribution in [3.05, 3.63) is 24.3 Å². The Morgan fingerprint density at radius 1 is 1.09 bits per heavy atom. The highest BCUT2D eigenvalue weighted by Gasteiger charge is 2.58. The number of amides is 2. The van der Waals surface area contributed by atoms with Gasteiger partial charge in [0.15, 0.2) is 0 Å². The van der Waals surface area contributed by atoms with E-state index in [1.807, 2.05) is 43.3 Å². The monoisotopic (exact) mass is 315 g/mol. The molecule has 2 N–H and O–H groups in total. The Labute approximate surface area is 137 Å². The molecule has 124 valence electrons. The topological polar surface area (TPSA) is 61.4 Å². The third-order valence-corrected chi connectivity index (χ3v) is 5.00. The summed E-state index contributed by atoms with van der Waals surface area (Å²) < 4.78 is 0. The van der Waals surface area contributed by atoms with E-state index in [0.29, 0.717) is 12.0 Å². The van der Waals surface area contributed by atoms with Crippen molar-refractivity contribution in [2.75, 3.05) is 31.3 Å². The van der Waals surface area contributed by atoms with Crippen LogP contribution in [0.15, 0.2) is 24.3 Å². The number of nitrogens with zero attached hydrogens (tertiary/aromatic N) is 1. The summed E-state index contributed by atoms with van der Waals surface area (Å²) in [6, 6.07) is 7.32. The lowest BCUT2D eigenvalue weighted by Gasteiger charge is -2.11. The van der Waals surface area contributed by atoms with Gasteiger partial charge in [0, 0.05) is 17.3 Å². The van der Waals surface area contributed by atoms with E-state index in [2.05, 4.69) is 10.6 Å². The maximum Gasteiger partial charge on any atom is 0.238 e. The van der Waals surface area contributed by atoms with Gasteiger partial charge >= 0.3 is 0 Å². The zero-order valence-electron chi connectivity index (χ0n) is 13.9. The lowest BCUT2D eigenvalue weighted by Crippen LogP contribution is -2.27. The van der Waals surface area contributed by atoms with E-state index >= 15 is 0 Å². The maximum atomic E-state index is 12.3. The van der Waals surface area contributed by atoms with Crippen molar-refractivity contribution in [2.45, 2.75) is 32.1 Å². The van der Waals surface area contributed by atoms with Crippen molar-refractivity contribution in [3.8, 4) is 0 Å². The number of rotatable bonds is 5. The minimum atomic E-state index is -0.0482. The Kier molecular flexibility index (Phi) is 4.39. The van der Waals surface area contributed by atoms with Gasteiger partial charge in [0.1, 0.15) is 0 Å². The van der Waals surface area contributed by atoms with Crippen molar-refractivity contribution < 1.29 is 9.59 Å². The molecular formula is C18H25N3O2. The van der Waals surface area contributed by atoms with Crippen LogP contribution >= 0.6 is 0 Å². The fraction of sp³-hybridized carbons (Fsp3) is 0.556. The molecule has 1 aromatic carbocycles. The molecule has 2 aliphatic rings. The quantitative estimate of drug-likeness (QED) is 0.878. The zero-order valence-corrected chi connectivity index (χ0v) is 13.9. The van der Waals surface area contributed by atoms with E-state index in [0.717, 1.165) is 17.8 Å². The summed E-state index contributed by atoms with van der Waals surface area (Å²) in [6.07, 6.45) is 6.01. The lowest BCUT2D eigenvalue weighted by molar-refractivity contribution is -0.118. The molecule has 0 bridgehead atoms. The van der Waals surface area contributed by atoms with Crippen LogP contribution in [0.3, 0.4) is 0 Å². The first-order chi connectivity index (χ1) is 11.0. The molecule has 2 amide bonds. The first-order valence-electron chi connectivity index (χ1n) is 8.34. The second-order valence-corrected chi connectivity index (χ2v) is 7.18. The van der Waals surface area contributed by atoms with Gasteiger partial charge in [-0.15, -0.1) is 0 Å². The fourth-order valence-corrected chi connectivity index (χ4v) is 3.70. The average Bonchev–Trinajstić information content (AvgIpc) is 2.98. The van der Waals surface area contributed by atoms with Gasteiger partial charge in [0.25, 0.3) is 0 Å². The predicted molar refractivity (Wildman–Crippen MR) is 91.3 cm³/mol. The van der Waals surface area contributed by atoms with E-state index in [1.54, 1.807) is 0 Å². The number of carbonyl (C=O) groups is 2. The Morgan fingerprint density at radius 3 is 2.22 bits per heavy atom. The first-order valence-corrected chi connectivity index (χ1v) is 8.34. The summed E-state index contributed by atoms with van der Waals surface area (Å²) in [7, 11) is 3.71. The standard InChI is InChI=1S/C18H25N3O2/c1-21(2)12-16(22)19-13-5-7-14(8-6-13)20-17(23)15-11-18(15)9-3-4-10-18/h5-8,15H,3-4,9-12H2,1-2H3,(H,19,22)(H,20,23). The molecule has 0 aliphatic heterocycles. The van der Waals surface area contributed by atoms with E-state index in [1.165, 1.54) is 25.7 Å². The average molecular weight is 315 g/mol. The number of hydrogen-bond donors (Lipinski definition) is 2. The van der Waals surface area contributed by atoms with E-state index < -0.39 is 0 Å². The summed E-state index contributed by atoms with van der Waals surface area (Å²) in [4.78, 5) is 25.9. The van der Waals surface area contributed by atoms with Crippen LogP contribution in [-0.4, -0.2) is 37.4 Å².